The number of aliphatic hydroxyl groups excluding tert-OH is 1. The lowest BCUT2D eigenvalue weighted by atomic mass is 9.93. The molecule has 1 aliphatic carbocycles. The van der Waals surface area contributed by atoms with Crippen LogP contribution in [0.1, 0.15) is 50.3 Å². The van der Waals surface area contributed by atoms with E-state index < -0.39 is 0 Å². The Morgan fingerprint density at radius 3 is 2.88 bits per heavy atom. The predicted molar refractivity (Wildman–Crippen MR) is 110 cm³/mol. The summed E-state index contributed by atoms with van der Waals surface area (Å²) in [6.07, 6.45) is 6.31. The first-order valence-electron chi connectivity index (χ1n) is 10.2. The molecule has 2 fully saturated rings. The molecule has 0 spiro atoms. The standard InChI is InChI=1S/C20H34N4OS/c1-2-21-20(23-17-7-9-18(25)10-8-17)22-13-16-5-3-11-24(14-16)15-19-6-4-12-26-19/h4,6,12,16-18,25H,2-3,5,7-11,13-15H2,1H3,(H2,21,22,23). The number of nitrogens with zero attached hydrogens (tertiary/aromatic N) is 2. The molecule has 1 atom stereocenters. The van der Waals surface area contributed by atoms with Crippen LogP contribution in [0.25, 0.3) is 0 Å². The normalized spacial score (nSPS) is 28.1. The highest BCUT2D eigenvalue weighted by atomic mass is 32.1. The van der Waals surface area contributed by atoms with Crippen LogP contribution in [0.4, 0.5) is 0 Å². The highest BCUT2D eigenvalue weighted by Gasteiger charge is 2.22. The average Bonchev–Trinajstić information content (AvgIpc) is 3.15. The molecule has 26 heavy (non-hydrogen) atoms. The minimum Gasteiger partial charge on any atom is -0.393 e. The van der Waals surface area contributed by atoms with Crippen LogP contribution < -0.4 is 10.6 Å². The molecule has 146 valence electrons. The van der Waals surface area contributed by atoms with E-state index in [1.54, 1.807) is 0 Å². The van der Waals surface area contributed by atoms with Gasteiger partial charge in [0.25, 0.3) is 0 Å². The smallest absolute Gasteiger partial charge is 0.191 e. The summed E-state index contributed by atoms with van der Waals surface area (Å²) in [7, 11) is 0. The zero-order valence-corrected chi connectivity index (χ0v) is 16.8. The molecule has 0 aromatic carbocycles. The summed E-state index contributed by atoms with van der Waals surface area (Å²) in [6, 6.07) is 4.82. The maximum absolute atomic E-state index is 9.68. The molecule has 3 N–H and O–H groups in total. The van der Waals surface area contributed by atoms with Gasteiger partial charge in [-0.05, 0) is 69.4 Å². The molecule has 1 aliphatic heterocycles. The third-order valence-corrected chi connectivity index (χ3v) is 6.31. The number of thiophene rings is 1. The van der Waals surface area contributed by atoms with Gasteiger partial charge in [-0.3, -0.25) is 9.89 Å². The van der Waals surface area contributed by atoms with Crippen molar-refractivity contribution < 1.29 is 5.11 Å². The Morgan fingerprint density at radius 1 is 1.31 bits per heavy atom. The second-order valence-corrected chi connectivity index (χ2v) is 8.72. The van der Waals surface area contributed by atoms with Crippen LogP contribution in [0.5, 0.6) is 0 Å². The third kappa shape index (κ3) is 6.25. The molecule has 0 amide bonds. The van der Waals surface area contributed by atoms with E-state index in [-0.39, 0.29) is 6.10 Å². The third-order valence-electron chi connectivity index (χ3n) is 5.45. The van der Waals surface area contributed by atoms with Gasteiger partial charge >= 0.3 is 0 Å². The van der Waals surface area contributed by atoms with E-state index >= 15 is 0 Å². The molecule has 3 rings (SSSR count). The van der Waals surface area contributed by atoms with Gasteiger partial charge in [0.15, 0.2) is 5.96 Å². The quantitative estimate of drug-likeness (QED) is 0.526. The minimum absolute atomic E-state index is 0.107. The Bertz CT molecular complexity index is 540. The van der Waals surface area contributed by atoms with Crippen molar-refractivity contribution >= 4 is 17.3 Å². The fraction of sp³-hybridized carbons (Fsp3) is 0.750. The summed E-state index contributed by atoms with van der Waals surface area (Å²) >= 11 is 1.86. The Labute approximate surface area is 161 Å². The van der Waals surface area contributed by atoms with Gasteiger partial charge in [-0.2, -0.15) is 0 Å². The van der Waals surface area contributed by atoms with E-state index in [1.807, 2.05) is 11.3 Å². The molecule has 1 saturated heterocycles. The summed E-state index contributed by atoms with van der Waals surface area (Å²) in [5.41, 5.74) is 0. The van der Waals surface area contributed by atoms with Crippen molar-refractivity contribution in [1.29, 1.82) is 0 Å². The Morgan fingerprint density at radius 2 is 2.15 bits per heavy atom. The van der Waals surface area contributed by atoms with Crippen LogP contribution in [-0.2, 0) is 6.54 Å². The molecule has 1 saturated carbocycles. The number of likely N-dealkylation sites (tertiary alicyclic amines) is 1. The molecule has 1 aromatic heterocycles. The first kappa shape index (κ1) is 19.6. The number of guanidine groups is 1. The Hall–Kier alpha value is -1.11. The number of hydrogen-bond donors (Lipinski definition) is 3. The van der Waals surface area contributed by atoms with Gasteiger partial charge in [-0.15, -0.1) is 11.3 Å². The number of piperidine rings is 1. The summed E-state index contributed by atoms with van der Waals surface area (Å²) < 4.78 is 0. The van der Waals surface area contributed by atoms with E-state index in [9.17, 15) is 5.11 Å². The van der Waals surface area contributed by atoms with Crippen LogP contribution in [-0.4, -0.2) is 54.3 Å². The molecule has 2 aliphatic rings. The molecule has 2 heterocycles. The lowest BCUT2D eigenvalue weighted by molar-refractivity contribution is 0.120. The maximum Gasteiger partial charge on any atom is 0.191 e. The molecule has 0 radical (unpaired) electrons. The van der Waals surface area contributed by atoms with Crippen molar-refractivity contribution in [3.05, 3.63) is 22.4 Å². The van der Waals surface area contributed by atoms with Crippen LogP contribution in [0.3, 0.4) is 0 Å². The zero-order chi connectivity index (χ0) is 18.2. The van der Waals surface area contributed by atoms with E-state index in [4.69, 9.17) is 4.99 Å². The Balaban J connectivity index is 1.48. The minimum atomic E-state index is -0.107. The molecule has 6 heteroatoms. The van der Waals surface area contributed by atoms with Crippen LogP contribution in [0, 0.1) is 5.92 Å². The lowest BCUT2D eigenvalue weighted by Crippen LogP contribution is -2.45. The highest BCUT2D eigenvalue weighted by molar-refractivity contribution is 7.09. The SMILES string of the molecule is CCNC(=NCC1CCCN(Cc2cccs2)C1)NC1CCC(O)CC1. The fourth-order valence-corrected chi connectivity index (χ4v) is 4.77. The summed E-state index contributed by atoms with van der Waals surface area (Å²) in [4.78, 5) is 8.93. The van der Waals surface area contributed by atoms with Gasteiger partial charge in [0.05, 0.1) is 6.10 Å². The topological polar surface area (TPSA) is 59.9 Å². The molecular weight excluding hydrogens is 344 g/mol. The van der Waals surface area contributed by atoms with Crippen molar-refractivity contribution in [2.75, 3.05) is 26.2 Å². The highest BCUT2D eigenvalue weighted by Crippen LogP contribution is 2.21. The van der Waals surface area contributed by atoms with Crippen LogP contribution in [0.2, 0.25) is 0 Å². The van der Waals surface area contributed by atoms with Gasteiger partial charge < -0.3 is 15.7 Å². The lowest BCUT2D eigenvalue weighted by Gasteiger charge is -2.32. The molecule has 5 nitrogen and oxygen atoms in total. The maximum atomic E-state index is 9.68. The molecular formula is C20H34N4OS. The van der Waals surface area contributed by atoms with E-state index in [0.717, 1.165) is 57.8 Å². The first-order chi connectivity index (χ1) is 12.7. The van der Waals surface area contributed by atoms with E-state index in [0.29, 0.717) is 12.0 Å². The van der Waals surface area contributed by atoms with Gasteiger partial charge in [-0.25, -0.2) is 0 Å². The summed E-state index contributed by atoms with van der Waals surface area (Å²) in [5.74, 6) is 1.59. The van der Waals surface area contributed by atoms with Gasteiger partial charge in [-0.1, -0.05) is 6.07 Å². The number of nitrogens with one attached hydrogen (secondary N) is 2. The van der Waals surface area contributed by atoms with Crippen LogP contribution >= 0.6 is 11.3 Å². The Kier molecular flexibility index (Phi) is 7.77. The second kappa shape index (κ2) is 10.3. The van der Waals surface area contributed by atoms with Gasteiger partial charge in [0.2, 0.25) is 0 Å². The number of hydrogen-bond acceptors (Lipinski definition) is 4. The molecule has 1 aromatic rings. The molecule has 1 unspecified atom stereocenters. The largest absolute Gasteiger partial charge is 0.393 e. The van der Waals surface area contributed by atoms with Crippen LogP contribution in [0.15, 0.2) is 22.5 Å². The van der Waals surface area contributed by atoms with Gasteiger partial charge in [0.1, 0.15) is 0 Å². The van der Waals surface area contributed by atoms with E-state index in [2.05, 4.69) is 40.0 Å². The van der Waals surface area contributed by atoms with Crippen molar-refractivity contribution in [2.24, 2.45) is 10.9 Å². The fourth-order valence-electron chi connectivity index (χ4n) is 4.02. The molecule has 0 bridgehead atoms. The average molecular weight is 379 g/mol. The van der Waals surface area contributed by atoms with Gasteiger partial charge in [0, 0.05) is 37.1 Å². The monoisotopic (exact) mass is 378 g/mol. The van der Waals surface area contributed by atoms with Crippen molar-refractivity contribution in [3.63, 3.8) is 0 Å². The number of aliphatic imine (C=N–C) groups is 1. The predicted octanol–water partition coefficient (Wildman–Crippen LogP) is 2.82. The van der Waals surface area contributed by atoms with E-state index in [1.165, 1.54) is 24.3 Å². The number of rotatable bonds is 6. The zero-order valence-electron chi connectivity index (χ0n) is 16.0. The van der Waals surface area contributed by atoms with Crippen molar-refractivity contribution in [3.8, 4) is 0 Å². The second-order valence-electron chi connectivity index (χ2n) is 7.69. The van der Waals surface area contributed by atoms with Crippen molar-refractivity contribution in [1.82, 2.24) is 15.5 Å². The first-order valence-corrected chi connectivity index (χ1v) is 11.1. The van der Waals surface area contributed by atoms with Crippen molar-refractivity contribution in [2.45, 2.75) is 64.1 Å². The summed E-state index contributed by atoms with van der Waals surface area (Å²) in [5, 5.41) is 18.8. The summed E-state index contributed by atoms with van der Waals surface area (Å²) in [6.45, 7) is 7.34. The number of aliphatic hydroxyl groups is 1.